The minimum Gasteiger partial charge on any atom is -0.131 e. The van der Waals surface area contributed by atoms with Gasteiger partial charge in [-0.25, -0.2) is 0 Å². The number of rotatable bonds is 2. The summed E-state index contributed by atoms with van der Waals surface area (Å²) in [5, 5.41) is 0.855. The lowest BCUT2D eigenvalue weighted by atomic mass is 9.63. The van der Waals surface area contributed by atoms with Crippen LogP contribution in [0.3, 0.4) is 0 Å². The van der Waals surface area contributed by atoms with Gasteiger partial charge in [-0.3, -0.25) is 0 Å². The fourth-order valence-electron chi connectivity index (χ4n) is 2.28. The van der Waals surface area contributed by atoms with E-state index in [2.05, 4.69) is 46.2 Å². The molecule has 0 aromatic carbocycles. The predicted molar refractivity (Wildman–Crippen MR) is 63.8 cm³/mol. The summed E-state index contributed by atoms with van der Waals surface area (Å²) in [4.78, 5) is 0. The molecular weight excluding hydrogens is 182 g/mol. The van der Waals surface area contributed by atoms with E-state index in [1.165, 1.54) is 12.8 Å². The first kappa shape index (κ1) is 10.9. The zero-order valence-corrected chi connectivity index (χ0v) is 11.0. The lowest BCUT2D eigenvalue weighted by molar-refractivity contribution is 0.109. The highest BCUT2D eigenvalue weighted by atomic mass is 31.0. The summed E-state index contributed by atoms with van der Waals surface area (Å²) in [6, 6.07) is 0. The topological polar surface area (TPSA) is 0 Å². The van der Waals surface area contributed by atoms with Gasteiger partial charge in [-0.1, -0.05) is 27.7 Å². The van der Waals surface area contributed by atoms with Crippen LogP contribution in [0.5, 0.6) is 0 Å². The molecule has 0 nitrogen and oxygen atoms in total. The van der Waals surface area contributed by atoms with E-state index >= 15 is 0 Å². The average molecular weight is 204 g/mol. The van der Waals surface area contributed by atoms with E-state index < -0.39 is 0 Å². The van der Waals surface area contributed by atoms with Gasteiger partial charge in [-0.2, -0.15) is 0 Å². The van der Waals surface area contributed by atoms with Gasteiger partial charge in [0.2, 0.25) is 0 Å². The van der Waals surface area contributed by atoms with Gasteiger partial charge in [-0.05, 0) is 35.0 Å². The Kier molecular flexibility index (Phi) is 2.93. The van der Waals surface area contributed by atoms with Crippen LogP contribution >= 0.6 is 18.5 Å². The second kappa shape index (κ2) is 3.21. The fraction of sp³-hybridized carbons (Fsp3) is 1.00. The summed E-state index contributed by atoms with van der Waals surface area (Å²) < 4.78 is 0. The third-order valence-electron chi connectivity index (χ3n) is 3.19. The summed E-state index contributed by atoms with van der Waals surface area (Å²) >= 11 is 0. The van der Waals surface area contributed by atoms with Crippen LogP contribution in [0.4, 0.5) is 0 Å². The zero-order valence-electron chi connectivity index (χ0n) is 8.72. The quantitative estimate of drug-likeness (QED) is 0.605. The van der Waals surface area contributed by atoms with Crippen LogP contribution in [0.2, 0.25) is 0 Å². The molecule has 0 heterocycles. The van der Waals surface area contributed by atoms with Crippen molar-refractivity contribution < 1.29 is 0 Å². The maximum absolute atomic E-state index is 3.00. The van der Waals surface area contributed by atoms with E-state index in [1.54, 1.807) is 0 Å². The second-order valence-corrected chi connectivity index (χ2v) is 8.41. The van der Waals surface area contributed by atoms with Crippen LogP contribution in [0.15, 0.2) is 0 Å². The van der Waals surface area contributed by atoms with Gasteiger partial charge >= 0.3 is 0 Å². The molecule has 0 radical (unpaired) electrons. The molecule has 0 N–H and O–H groups in total. The Morgan fingerprint density at radius 2 is 1.08 bits per heavy atom. The zero-order chi connectivity index (χ0) is 9.57. The Morgan fingerprint density at radius 1 is 0.833 bits per heavy atom. The molecule has 4 atom stereocenters. The van der Waals surface area contributed by atoms with Crippen LogP contribution in [0, 0.1) is 11.8 Å². The van der Waals surface area contributed by atoms with Crippen molar-refractivity contribution in [3.63, 3.8) is 0 Å². The second-order valence-electron chi connectivity index (χ2n) is 5.43. The maximum atomic E-state index is 3.00. The van der Waals surface area contributed by atoms with Crippen molar-refractivity contribution in [1.82, 2.24) is 0 Å². The third kappa shape index (κ3) is 2.21. The molecule has 0 saturated heterocycles. The summed E-state index contributed by atoms with van der Waals surface area (Å²) in [5.74, 6) is 1.80. The summed E-state index contributed by atoms with van der Waals surface area (Å²) in [5.41, 5.74) is 0. The molecule has 1 rings (SSSR count). The van der Waals surface area contributed by atoms with E-state index in [1.807, 2.05) is 0 Å². The Bertz CT molecular complexity index is 142. The van der Waals surface area contributed by atoms with Crippen molar-refractivity contribution in [1.29, 1.82) is 0 Å². The average Bonchev–Trinajstić information content (AvgIpc) is 1.46. The highest BCUT2D eigenvalue weighted by Gasteiger charge is 2.44. The fourth-order valence-corrected chi connectivity index (χ4v) is 3.08. The van der Waals surface area contributed by atoms with Gasteiger partial charge in [-0.15, -0.1) is 18.5 Å². The smallest absolute Gasteiger partial charge is 0.0175 e. The van der Waals surface area contributed by atoms with Crippen LogP contribution in [0.25, 0.3) is 0 Å². The van der Waals surface area contributed by atoms with Crippen molar-refractivity contribution in [2.24, 2.45) is 11.8 Å². The van der Waals surface area contributed by atoms with Crippen LogP contribution in [0.1, 0.15) is 40.5 Å². The monoisotopic (exact) mass is 204 g/mol. The molecule has 0 aromatic rings. The number of hydrogen-bond donors (Lipinski definition) is 0. The molecule has 1 fully saturated rings. The molecular formula is C10H22P2. The maximum Gasteiger partial charge on any atom is -0.0175 e. The molecule has 12 heavy (non-hydrogen) atoms. The molecule has 0 aromatic heterocycles. The summed E-state index contributed by atoms with van der Waals surface area (Å²) in [6.07, 6.45) is 2.83. The molecule has 4 unspecified atom stereocenters. The highest BCUT2D eigenvalue weighted by Crippen LogP contribution is 2.52. The van der Waals surface area contributed by atoms with E-state index in [0.717, 1.165) is 11.8 Å². The minimum atomic E-state index is 0.427. The SMILES string of the molecule is CC(C)(P)C1CCC1C(C)(C)P. The first-order valence-electron chi connectivity index (χ1n) is 4.80. The third-order valence-corrected chi connectivity index (χ3v) is 4.04. The van der Waals surface area contributed by atoms with Crippen molar-refractivity contribution >= 4 is 18.5 Å². The standard InChI is InChI=1S/C10H22P2/c1-9(2,11)7-5-6-8(7)10(3,4)12/h7-8H,5-6,11-12H2,1-4H3. The molecule has 1 saturated carbocycles. The van der Waals surface area contributed by atoms with E-state index in [0.29, 0.717) is 10.3 Å². The minimum absolute atomic E-state index is 0.427. The van der Waals surface area contributed by atoms with Crippen molar-refractivity contribution in [2.45, 2.75) is 50.8 Å². The largest absolute Gasteiger partial charge is 0.131 e. The Morgan fingerprint density at radius 3 is 1.17 bits per heavy atom. The first-order valence-corrected chi connectivity index (χ1v) is 5.96. The lowest BCUT2D eigenvalue weighted by Crippen LogP contribution is -2.46. The van der Waals surface area contributed by atoms with E-state index in [9.17, 15) is 0 Å². The van der Waals surface area contributed by atoms with Crippen LogP contribution < -0.4 is 0 Å². The van der Waals surface area contributed by atoms with Crippen LogP contribution in [-0.4, -0.2) is 10.3 Å². The molecule has 0 amide bonds. The Balaban J connectivity index is 2.62. The molecule has 1 aliphatic carbocycles. The predicted octanol–water partition coefficient (Wildman–Crippen LogP) is 3.32. The molecule has 0 bridgehead atoms. The van der Waals surface area contributed by atoms with E-state index in [4.69, 9.17) is 0 Å². The normalized spacial score (nSPS) is 31.5. The molecule has 1 aliphatic rings. The summed E-state index contributed by atoms with van der Waals surface area (Å²) in [7, 11) is 6.00. The van der Waals surface area contributed by atoms with Crippen molar-refractivity contribution in [2.75, 3.05) is 0 Å². The van der Waals surface area contributed by atoms with Gasteiger partial charge in [0, 0.05) is 0 Å². The highest BCUT2D eigenvalue weighted by molar-refractivity contribution is 7.19. The Labute approximate surface area is 81.7 Å². The first-order chi connectivity index (χ1) is 5.23. The molecule has 2 heteroatoms. The van der Waals surface area contributed by atoms with Crippen molar-refractivity contribution in [3.8, 4) is 0 Å². The molecule has 0 aliphatic heterocycles. The number of hydrogen-bond acceptors (Lipinski definition) is 0. The van der Waals surface area contributed by atoms with Gasteiger partial charge in [0.1, 0.15) is 0 Å². The van der Waals surface area contributed by atoms with Gasteiger partial charge in [0.25, 0.3) is 0 Å². The van der Waals surface area contributed by atoms with Gasteiger partial charge < -0.3 is 0 Å². The van der Waals surface area contributed by atoms with Crippen LogP contribution in [-0.2, 0) is 0 Å². The Hall–Kier alpha value is 0.860. The molecule has 0 spiro atoms. The lowest BCUT2D eigenvalue weighted by Gasteiger charge is -2.51. The van der Waals surface area contributed by atoms with Gasteiger partial charge in [0.15, 0.2) is 0 Å². The van der Waals surface area contributed by atoms with Crippen molar-refractivity contribution in [3.05, 3.63) is 0 Å². The molecule has 72 valence electrons. The summed E-state index contributed by atoms with van der Waals surface area (Å²) in [6.45, 7) is 9.35. The van der Waals surface area contributed by atoms with E-state index in [-0.39, 0.29) is 0 Å². The van der Waals surface area contributed by atoms with Gasteiger partial charge in [0.05, 0.1) is 0 Å².